The topological polar surface area (TPSA) is 70.7 Å². The van der Waals surface area contributed by atoms with Crippen molar-refractivity contribution in [1.82, 2.24) is 10.2 Å². The maximum atomic E-state index is 12.6. The third-order valence-electron chi connectivity index (χ3n) is 4.51. The van der Waals surface area contributed by atoms with E-state index < -0.39 is 6.04 Å². The highest BCUT2D eigenvalue weighted by Crippen LogP contribution is 2.25. The second-order valence-electron chi connectivity index (χ2n) is 6.71. The van der Waals surface area contributed by atoms with Gasteiger partial charge in [0.15, 0.2) is 0 Å². The fourth-order valence-electron chi connectivity index (χ4n) is 2.72. The Kier molecular flexibility index (Phi) is 5.70. The predicted molar refractivity (Wildman–Crippen MR) is 94.3 cm³/mol. The van der Waals surface area contributed by atoms with Crippen LogP contribution in [0.25, 0.3) is 0 Å². The van der Waals surface area contributed by atoms with Gasteiger partial charge in [0.1, 0.15) is 11.8 Å². The van der Waals surface area contributed by atoms with Crippen LogP contribution >= 0.6 is 0 Å². The van der Waals surface area contributed by atoms with E-state index in [1.807, 2.05) is 32.9 Å². The number of para-hydroxylation sites is 2. The Morgan fingerprint density at radius 1 is 1.33 bits per heavy atom. The highest BCUT2D eigenvalue weighted by Gasteiger charge is 2.36. The highest BCUT2D eigenvalue weighted by atomic mass is 16.5. The second kappa shape index (κ2) is 7.55. The zero-order chi connectivity index (χ0) is 17.7. The molecule has 132 valence electrons. The van der Waals surface area contributed by atoms with Crippen LogP contribution in [-0.2, 0) is 4.79 Å². The minimum atomic E-state index is -0.425. The van der Waals surface area contributed by atoms with Gasteiger partial charge in [0.2, 0.25) is 5.91 Å². The lowest BCUT2D eigenvalue weighted by Gasteiger charge is -2.30. The van der Waals surface area contributed by atoms with Crippen LogP contribution in [0, 0.1) is 0 Å². The zero-order valence-corrected chi connectivity index (χ0v) is 14.9. The fraction of sp³-hybridized carbons (Fsp3) is 0.556. The average molecular weight is 333 g/mol. The van der Waals surface area contributed by atoms with Crippen LogP contribution in [0.5, 0.6) is 5.75 Å². The summed E-state index contributed by atoms with van der Waals surface area (Å²) in [5.74, 6) is 0.507. The zero-order valence-electron chi connectivity index (χ0n) is 14.9. The van der Waals surface area contributed by atoms with Crippen molar-refractivity contribution in [3.63, 3.8) is 0 Å². The van der Waals surface area contributed by atoms with Gasteiger partial charge in [-0.3, -0.25) is 4.79 Å². The molecule has 0 spiro atoms. The standard InChI is InChI=1S/C18H27N3O3/c1-5-18(2,3)20-16(22)14-10-8-12-21(14)17(23)19-13-9-6-7-11-15(13)24-4/h6-7,9,11,14H,5,8,10,12H2,1-4H3,(H,19,23)(H,20,22). The molecule has 0 radical (unpaired) electrons. The van der Waals surface area contributed by atoms with Crippen LogP contribution in [0.2, 0.25) is 0 Å². The molecule has 1 aliphatic rings. The van der Waals surface area contributed by atoms with E-state index in [9.17, 15) is 9.59 Å². The molecule has 1 saturated heterocycles. The molecule has 6 heteroatoms. The number of methoxy groups -OCH3 is 1. The molecule has 24 heavy (non-hydrogen) atoms. The fourth-order valence-corrected chi connectivity index (χ4v) is 2.72. The van der Waals surface area contributed by atoms with Crippen LogP contribution in [0.4, 0.5) is 10.5 Å². The predicted octanol–water partition coefficient (Wildman–Crippen LogP) is 3.00. The first-order chi connectivity index (χ1) is 11.4. The molecule has 0 aromatic heterocycles. The van der Waals surface area contributed by atoms with Gasteiger partial charge in [-0.25, -0.2) is 4.79 Å². The number of rotatable bonds is 5. The molecule has 1 aromatic carbocycles. The number of amides is 3. The molecular formula is C18H27N3O3. The molecule has 0 aliphatic carbocycles. The highest BCUT2D eigenvalue weighted by molar-refractivity contribution is 5.95. The molecular weight excluding hydrogens is 306 g/mol. The SMILES string of the molecule is CCC(C)(C)NC(=O)C1CCCN1C(=O)Nc1ccccc1OC. The van der Waals surface area contributed by atoms with E-state index in [-0.39, 0.29) is 17.5 Å². The molecule has 0 saturated carbocycles. The molecule has 3 amide bonds. The number of hydrogen-bond acceptors (Lipinski definition) is 3. The summed E-state index contributed by atoms with van der Waals surface area (Å²) in [4.78, 5) is 26.8. The van der Waals surface area contributed by atoms with Crippen LogP contribution in [0.3, 0.4) is 0 Å². The minimum absolute atomic E-state index is 0.0884. The lowest BCUT2D eigenvalue weighted by molar-refractivity contribution is -0.126. The van der Waals surface area contributed by atoms with Crippen molar-refractivity contribution in [1.29, 1.82) is 0 Å². The molecule has 1 aromatic rings. The number of nitrogens with one attached hydrogen (secondary N) is 2. The van der Waals surface area contributed by atoms with E-state index in [1.165, 1.54) is 0 Å². The molecule has 6 nitrogen and oxygen atoms in total. The average Bonchev–Trinajstić information content (AvgIpc) is 3.05. The van der Waals surface area contributed by atoms with Gasteiger partial charge >= 0.3 is 6.03 Å². The van der Waals surface area contributed by atoms with Gasteiger partial charge in [0, 0.05) is 12.1 Å². The van der Waals surface area contributed by atoms with E-state index in [0.717, 1.165) is 12.8 Å². The maximum absolute atomic E-state index is 12.6. The molecule has 1 fully saturated rings. The van der Waals surface area contributed by atoms with Crippen LogP contribution in [0.1, 0.15) is 40.0 Å². The Labute approximate surface area is 143 Å². The molecule has 0 bridgehead atoms. The number of likely N-dealkylation sites (tertiary alicyclic amines) is 1. The van der Waals surface area contributed by atoms with Crippen molar-refractivity contribution < 1.29 is 14.3 Å². The first-order valence-corrected chi connectivity index (χ1v) is 8.40. The Balaban J connectivity index is 2.07. The molecule has 1 heterocycles. The summed E-state index contributed by atoms with van der Waals surface area (Å²) in [5.41, 5.74) is 0.328. The number of benzene rings is 1. The van der Waals surface area contributed by atoms with Crippen molar-refractivity contribution in [3.8, 4) is 5.75 Å². The van der Waals surface area contributed by atoms with Crippen LogP contribution in [-0.4, -0.2) is 42.1 Å². The van der Waals surface area contributed by atoms with Gasteiger partial charge in [0.25, 0.3) is 0 Å². The van der Waals surface area contributed by atoms with Gasteiger partial charge in [-0.15, -0.1) is 0 Å². The minimum Gasteiger partial charge on any atom is -0.495 e. The summed E-state index contributed by atoms with van der Waals surface area (Å²) in [6.07, 6.45) is 2.34. The number of urea groups is 1. The first kappa shape index (κ1) is 18.1. The van der Waals surface area contributed by atoms with Crippen molar-refractivity contribution >= 4 is 17.6 Å². The Bertz CT molecular complexity index is 601. The molecule has 1 atom stereocenters. The molecule has 1 aliphatic heterocycles. The van der Waals surface area contributed by atoms with Gasteiger partial charge < -0.3 is 20.3 Å². The Hall–Kier alpha value is -2.24. The monoisotopic (exact) mass is 333 g/mol. The summed E-state index contributed by atoms with van der Waals surface area (Å²) in [6, 6.07) is 6.54. The first-order valence-electron chi connectivity index (χ1n) is 8.40. The van der Waals surface area contributed by atoms with E-state index in [2.05, 4.69) is 10.6 Å². The summed E-state index contributed by atoms with van der Waals surface area (Å²) in [6.45, 7) is 6.57. The van der Waals surface area contributed by atoms with E-state index >= 15 is 0 Å². The van der Waals surface area contributed by atoms with Gasteiger partial charge in [0.05, 0.1) is 12.8 Å². The maximum Gasteiger partial charge on any atom is 0.322 e. The molecule has 2 N–H and O–H groups in total. The van der Waals surface area contributed by atoms with Crippen LogP contribution < -0.4 is 15.4 Å². The number of nitrogens with zero attached hydrogens (tertiary/aromatic N) is 1. The summed E-state index contributed by atoms with van der Waals surface area (Å²) in [7, 11) is 1.56. The third kappa shape index (κ3) is 4.19. The molecule has 2 rings (SSSR count). The smallest absolute Gasteiger partial charge is 0.322 e. The third-order valence-corrected chi connectivity index (χ3v) is 4.51. The summed E-state index contributed by atoms with van der Waals surface area (Å²) in [5, 5.41) is 5.88. The van der Waals surface area contributed by atoms with Crippen LogP contribution in [0.15, 0.2) is 24.3 Å². The largest absolute Gasteiger partial charge is 0.495 e. The van der Waals surface area contributed by atoms with Crippen molar-refractivity contribution in [2.45, 2.75) is 51.6 Å². The number of carbonyl (C=O) groups excluding carboxylic acids is 2. The normalized spacial score (nSPS) is 17.5. The summed E-state index contributed by atoms with van der Waals surface area (Å²) >= 11 is 0. The van der Waals surface area contributed by atoms with Crippen molar-refractivity contribution in [2.24, 2.45) is 0 Å². The van der Waals surface area contributed by atoms with E-state index in [1.54, 1.807) is 24.1 Å². The van der Waals surface area contributed by atoms with E-state index in [4.69, 9.17) is 4.74 Å². The summed E-state index contributed by atoms with van der Waals surface area (Å²) < 4.78 is 5.25. The van der Waals surface area contributed by atoms with Crippen molar-refractivity contribution in [2.75, 3.05) is 19.0 Å². The second-order valence-corrected chi connectivity index (χ2v) is 6.71. The Morgan fingerprint density at radius 3 is 2.71 bits per heavy atom. The Morgan fingerprint density at radius 2 is 2.04 bits per heavy atom. The number of hydrogen-bond donors (Lipinski definition) is 2. The van der Waals surface area contributed by atoms with Gasteiger partial charge in [-0.05, 0) is 45.2 Å². The van der Waals surface area contributed by atoms with Crippen molar-refractivity contribution in [3.05, 3.63) is 24.3 Å². The number of ether oxygens (including phenoxy) is 1. The lowest BCUT2D eigenvalue weighted by atomic mass is 10.0. The number of carbonyl (C=O) groups is 2. The lowest BCUT2D eigenvalue weighted by Crippen LogP contribution is -2.53. The van der Waals surface area contributed by atoms with Gasteiger partial charge in [-0.1, -0.05) is 19.1 Å². The number of anilines is 1. The van der Waals surface area contributed by atoms with E-state index in [0.29, 0.717) is 24.4 Å². The quantitative estimate of drug-likeness (QED) is 0.870. The van der Waals surface area contributed by atoms with Gasteiger partial charge in [-0.2, -0.15) is 0 Å². The molecule has 1 unspecified atom stereocenters.